The monoisotopic (exact) mass is 391 g/mol. The van der Waals surface area contributed by atoms with Crippen molar-refractivity contribution in [2.24, 2.45) is 0 Å². The molecule has 2 heterocycles. The molecule has 0 unspecified atom stereocenters. The Morgan fingerprint density at radius 1 is 1.07 bits per heavy atom. The van der Waals surface area contributed by atoms with Crippen LogP contribution in [0.3, 0.4) is 0 Å². The first-order chi connectivity index (χ1) is 13.6. The van der Waals surface area contributed by atoms with Crippen LogP contribution < -0.4 is 15.6 Å². The molecule has 0 saturated heterocycles. The van der Waals surface area contributed by atoms with Gasteiger partial charge in [-0.3, -0.25) is 9.78 Å². The maximum Gasteiger partial charge on any atom is 0.250 e. The third kappa shape index (κ3) is 3.85. The van der Waals surface area contributed by atoms with Crippen molar-refractivity contribution in [3.8, 4) is 16.9 Å². The van der Waals surface area contributed by atoms with Gasteiger partial charge in [-0.1, -0.05) is 29.8 Å². The van der Waals surface area contributed by atoms with Gasteiger partial charge in [-0.25, -0.2) is 0 Å². The number of nitrogens with one attached hydrogen (secondary N) is 2. The van der Waals surface area contributed by atoms with Crippen molar-refractivity contribution >= 4 is 28.2 Å². The fraction of sp³-hybridized carbons (Fsp3) is 0.0909. The predicted octanol–water partition coefficient (Wildman–Crippen LogP) is 4.86. The summed E-state index contributed by atoms with van der Waals surface area (Å²) >= 11 is 6.06. The Labute approximate surface area is 167 Å². The molecule has 0 bridgehead atoms. The number of ether oxygens (including phenoxy) is 1. The summed E-state index contributed by atoms with van der Waals surface area (Å²) in [5, 5.41) is 4.96. The van der Waals surface area contributed by atoms with Gasteiger partial charge in [0, 0.05) is 40.5 Å². The average molecular weight is 392 g/mol. The average Bonchev–Trinajstić information content (AvgIpc) is 2.71. The lowest BCUT2D eigenvalue weighted by Gasteiger charge is -2.12. The number of aromatic nitrogens is 2. The van der Waals surface area contributed by atoms with E-state index in [9.17, 15) is 4.79 Å². The SMILES string of the molecule is COc1cncc(-c2ccc3[nH]c(=O)cc(NCc4cccc(Cl)c4)c3c2)c1. The summed E-state index contributed by atoms with van der Waals surface area (Å²) in [5.74, 6) is 0.693. The Hall–Kier alpha value is -3.31. The Kier molecular flexibility index (Phi) is 5.00. The molecule has 0 spiro atoms. The summed E-state index contributed by atoms with van der Waals surface area (Å²) in [7, 11) is 1.61. The second-order valence-corrected chi connectivity index (χ2v) is 6.84. The summed E-state index contributed by atoms with van der Waals surface area (Å²) in [5.41, 5.74) is 4.33. The van der Waals surface area contributed by atoms with E-state index in [1.165, 1.54) is 0 Å². The topological polar surface area (TPSA) is 67.0 Å². The first-order valence-electron chi connectivity index (χ1n) is 8.77. The van der Waals surface area contributed by atoms with E-state index in [0.717, 1.165) is 33.3 Å². The van der Waals surface area contributed by atoms with E-state index in [1.54, 1.807) is 25.6 Å². The maximum atomic E-state index is 12.1. The van der Waals surface area contributed by atoms with Gasteiger partial charge in [0.15, 0.2) is 0 Å². The number of halogens is 1. The number of nitrogens with zero attached hydrogens (tertiary/aromatic N) is 1. The van der Waals surface area contributed by atoms with Crippen LogP contribution in [0.25, 0.3) is 22.0 Å². The van der Waals surface area contributed by atoms with Gasteiger partial charge in [-0.15, -0.1) is 0 Å². The number of pyridine rings is 2. The van der Waals surface area contributed by atoms with Gasteiger partial charge in [-0.05, 0) is 41.5 Å². The standard InChI is InChI=1S/C22H18ClN3O2/c1-28-18-8-16(12-24-13-18)15-5-6-20-19(9-15)21(10-22(27)26-20)25-11-14-3-2-4-17(23)7-14/h2-10,12-13H,11H2,1H3,(H2,25,26,27). The van der Waals surface area contributed by atoms with E-state index < -0.39 is 0 Å². The zero-order chi connectivity index (χ0) is 19.5. The summed E-state index contributed by atoms with van der Waals surface area (Å²) in [4.78, 5) is 19.2. The van der Waals surface area contributed by atoms with Crippen molar-refractivity contribution in [3.63, 3.8) is 0 Å². The van der Waals surface area contributed by atoms with Gasteiger partial charge in [-0.2, -0.15) is 0 Å². The molecule has 5 nitrogen and oxygen atoms in total. The normalized spacial score (nSPS) is 10.8. The lowest BCUT2D eigenvalue weighted by atomic mass is 10.0. The lowest BCUT2D eigenvalue weighted by molar-refractivity contribution is 0.413. The van der Waals surface area contributed by atoms with E-state index in [1.807, 2.05) is 48.5 Å². The molecule has 0 aliphatic carbocycles. The van der Waals surface area contributed by atoms with Crippen molar-refractivity contribution in [1.82, 2.24) is 9.97 Å². The molecule has 0 radical (unpaired) electrons. The van der Waals surface area contributed by atoms with Gasteiger partial charge < -0.3 is 15.0 Å². The fourth-order valence-electron chi connectivity index (χ4n) is 3.11. The van der Waals surface area contributed by atoms with Crippen LogP contribution in [-0.4, -0.2) is 17.1 Å². The van der Waals surface area contributed by atoms with E-state index in [4.69, 9.17) is 16.3 Å². The zero-order valence-electron chi connectivity index (χ0n) is 15.2. The fourth-order valence-corrected chi connectivity index (χ4v) is 3.32. The summed E-state index contributed by atoms with van der Waals surface area (Å²) in [6.45, 7) is 0.560. The first-order valence-corrected chi connectivity index (χ1v) is 9.15. The first kappa shape index (κ1) is 18.1. The summed E-state index contributed by atoms with van der Waals surface area (Å²) in [6, 6.07) is 17.0. The maximum absolute atomic E-state index is 12.1. The molecule has 4 rings (SSSR count). The number of hydrogen-bond acceptors (Lipinski definition) is 4. The Bertz CT molecular complexity index is 1200. The second-order valence-electron chi connectivity index (χ2n) is 6.40. The van der Waals surface area contributed by atoms with Crippen LogP contribution in [0.2, 0.25) is 5.02 Å². The summed E-state index contributed by atoms with van der Waals surface area (Å²) in [6.07, 6.45) is 3.45. The second kappa shape index (κ2) is 7.74. The van der Waals surface area contributed by atoms with Crippen LogP contribution in [0.1, 0.15) is 5.56 Å². The largest absolute Gasteiger partial charge is 0.495 e. The van der Waals surface area contributed by atoms with Gasteiger partial charge in [0.25, 0.3) is 0 Å². The van der Waals surface area contributed by atoms with E-state index >= 15 is 0 Å². The van der Waals surface area contributed by atoms with Crippen molar-refractivity contribution in [1.29, 1.82) is 0 Å². The van der Waals surface area contributed by atoms with Crippen LogP contribution in [0, 0.1) is 0 Å². The molecular formula is C22H18ClN3O2. The quantitative estimate of drug-likeness (QED) is 0.509. The number of rotatable bonds is 5. The number of H-pyrrole nitrogens is 1. The Morgan fingerprint density at radius 3 is 2.79 bits per heavy atom. The highest BCUT2D eigenvalue weighted by Crippen LogP contribution is 2.29. The number of fused-ring (bicyclic) bond motifs is 1. The van der Waals surface area contributed by atoms with Crippen molar-refractivity contribution in [2.75, 3.05) is 12.4 Å². The number of hydrogen-bond donors (Lipinski definition) is 2. The van der Waals surface area contributed by atoms with Gasteiger partial charge >= 0.3 is 0 Å². The third-order valence-electron chi connectivity index (χ3n) is 4.50. The minimum absolute atomic E-state index is 0.156. The molecule has 2 aromatic carbocycles. The smallest absolute Gasteiger partial charge is 0.250 e. The number of anilines is 1. The Balaban J connectivity index is 1.73. The lowest BCUT2D eigenvalue weighted by Crippen LogP contribution is -2.08. The van der Waals surface area contributed by atoms with Crippen molar-refractivity contribution < 1.29 is 4.74 Å². The minimum Gasteiger partial charge on any atom is -0.495 e. The molecule has 2 N–H and O–H groups in total. The van der Waals surface area contributed by atoms with Crippen LogP contribution >= 0.6 is 11.6 Å². The molecular weight excluding hydrogens is 374 g/mol. The molecule has 0 aliphatic rings. The summed E-state index contributed by atoms with van der Waals surface area (Å²) < 4.78 is 5.27. The van der Waals surface area contributed by atoms with Crippen molar-refractivity contribution in [2.45, 2.75) is 6.54 Å². The van der Waals surface area contributed by atoms with Crippen LogP contribution in [0.4, 0.5) is 5.69 Å². The number of benzene rings is 2. The molecule has 0 atom stereocenters. The number of methoxy groups -OCH3 is 1. The molecule has 0 aliphatic heterocycles. The van der Waals surface area contributed by atoms with Crippen molar-refractivity contribution in [3.05, 3.63) is 87.9 Å². The third-order valence-corrected chi connectivity index (χ3v) is 4.73. The van der Waals surface area contributed by atoms with Gasteiger partial charge in [0.2, 0.25) is 5.56 Å². The molecule has 0 fully saturated rings. The highest BCUT2D eigenvalue weighted by Gasteiger charge is 2.07. The molecule has 140 valence electrons. The highest BCUT2D eigenvalue weighted by atomic mass is 35.5. The van der Waals surface area contributed by atoms with Gasteiger partial charge in [0.05, 0.1) is 18.8 Å². The molecule has 0 amide bonds. The van der Waals surface area contributed by atoms with Crippen LogP contribution in [0.15, 0.2) is 71.8 Å². The van der Waals surface area contributed by atoms with E-state index in [2.05, 4.69) is 15.3 Å². The predicted molar refractivity (Wildman–Crippen MR) is 113 cm³/mol. The van der Waals surface area contributed by atoms with Crippen LogP contribution in [0.5, 0.6) is 5.75 Å². The molecule has 4 aromatic rings. The molecule has 6 heteroatoms. The Morgan fingerprint density at radius 2 is 1.96 bits per heavy atom. The van der Waals surface area contributed by atoms with E-state index in [-0.39, 0.29) is 5.56 Å². The minimum atomic E-state index is -0.156. The van der Waals surface area contributed by atoms with Crippen LogP contribution in [-0.2, 0) is 6.54 Å². The zero-order valence-corrected chi connectivity index (χ0v) is 16.0. The molecule has 2 aromatic heterocycles. The molecule has 0 saturated carbocycles. The highest BCUT2D eigenvalue weighted by molar-refractivity contribution is 6.30. The van der Waals surface area contributed by atoms with E-state index in [0.29, 0.717) is 17.3 Å². The van der Waals surface area contributed by atoms with Gasteiger partial charge in [0.1, 0.15) is 5.75 Å². The molecule has 28 heavy (non-hydrogen) atoms. The number of aromatic amines is 1.